The van der Waals surface area contributed by atoms with Crippen molar-refractivity contribution < 1.29 is 4.74 Å². The van der Waals surface area contributed by atoms with E-state index >= 15 is 0 Å². The van der Waals surface area contributed by atoms with E-state index in [0.717, 1.165) is 31.0 Å². The summed E-state index contributed by atoms with van der Waals surface area (Å²) in [5, 5.41) is 3.77. The Morgan fingerprint density at radius 1 is 1.05 bits per heavy atom. The first-order chi connectivity index (χ1) is 9.83. The third-order valence-electron chi connectivity index (χ3n) is 5.58. The Balaban J connectivity index is 1.74. The smallest absolute Gasteiger partial charge is 0.0575 e. The van der Waals surface area contributed by atoms with Crippen LogP contribution in [0.3, 0.4) is 0 Å². The number of hydrogen-bond donors (Lipinski definition) is 1. The molecule has 2 unspecified atom stereocenters. The molecule has 1 saturated carbocycles. The lowest BCUT2D eigenvalue weighted by atomic mass is 9.76. The fourth-order valence-corrected chi connectivity index (χ4v) is 4.17. The first kappa shape index (κ1) is 16.3. The van der Waals surface area contributed by atoms with Crippen LogP contribution in [0, 0.1) is 11.8 Å². The summed E-state index contributed by atoms with van der Waals surface area (Å²) >= 11 is 0. The number of ether oxygens (including phenoxy) is 1. The van der Waals surface area contributed by atoms with Crippen LogP contribution in [0.5, 0.6) is 0 Å². The maximum absolute atomic E-state index is 5.90. The molecule has 1 aliphatic heterocycles. The highest BCUT2D eigenvalue weighted by atomic mass is 16.5. The van der Waals surface area contributed by atoms with Crippen LogP contribution in [0.2, 0.25) is 0 Å². The van der Waals surface area contributed by atoms with Gasteiger partial charge in [0.1, 0.15) is 0 Å². The maximum Gasteiger partial charge on any atom is 0.0575 e. The summed E-state index contributed by atoms with van der Waals surface area (Å²) in [7, 11) is 0. The molecule has 2 atom stereocenters. The van der Waals surface area contributed by atoms with Crippen molar-refractivity contribution >= 4 is 0 Å². The minimum atomic E-state index is 0.553. The van der Waals surface area contributed by atoms with Crippen LogP contribution in [-0.2, 0) is 4.74 Å². The third-order valence-corrected chi connectivity index (χ3v) is 5.58. The lowest BCUT2D eigenvalue weighted by molar-refractivity contribution is 0.00686. The van der Waals surface area contributed by atoms with Crippen molar-refractivity contribution in [1.29, 1.82) is 0 Å². The van der Waals surface area contributed by atoms with Gasteiger partial charge < -0.3 is 10.1 Å². The zero-order chi connectivity index (χ0) is 14.2. The predicted molar refractivity (Wildman–Crippen MR) is 86.0 cm³/mol. The molecule has 2 heteroatoms. The van der Waals surface area contributed by atoms with Gasteiger partial charge in [0.25, 0.3) is 0 Å². The van der Waals surface area contributed by atoms with Crippen LogP contribution >= 0.6 is 0 Å². The Bertz CT molecular complexity index is 242. The molecule has 0 radical (unpaired) electrons. The van der Waals surface area contributed by atoms with Gasteiger partial charge in [0.05, 0.1) is 6.10 Å². The lowest BCUT2D eigenvalue weighted by Crippen LogP contribution is -2.39. The molecular formula is C18H35NO. The minimum Gasteiger partial charge on any atom is -0.378 e. The zero-order valence-electron chi connectivity index (χ0n) is 13.7. The Kier molecular flexibility index (Phi) is 7.37. The molecule has 0 amide bonds. The van der Waals surface area contributed by atoms with Crippen LogP contribution in [0.15, 0.2) is 0 Å². The lowest BCUT2D eigenvalue weighted by Gasteiger charge is -2.35. The molecule has 2 fully saturated rings. The van der Waals surface area contributed by atoms with Gasteiger partial charge in [-0.25, -0.2) is 0 Å². The molecule has 2 aliphatic rings. The van der Waals surface area contributed by atoms with Crippen molar-refractivity contribution in [3.05, 3.63) is 0 Å². The fourth-order valence-electron chi connectivity index (χ4n) is 4.17. The van der Waals surface area contributed by atoms with Gasteiger partial charge >= 0.3 is 0 Å². The van der Waals surface area contributed by atoms with Crippen molar-refractivity contribution in [2.45, 2.75) is 90.2 Å². The predicted octanol–water partition coefficient (Wildman–Crippen LogP) is 4.53. The molecule has 118 valence electrons. The average Bonchev–Trinajstić information content (AvgIpc) is 2.52. The summed E-state index contributed by atoms with van der Waals surface area (Å²) in [5.74, 6) is 1.93. The van der Waals surface area contributed by atoms with Gasteiger partial charge in [-0.3, -0.25) is 0 Å². The Morgan fingerprint density at radius 3 is 2.45 bits per heavy atom. The van der Waals surface area contributed by atoms with Gasteiger partial charge in [0.2, 0.25) is 0 Å². The van der Waals surface area contributed by atoms with Crippen LogP contribution < -0.4 is 5.32 Å². The van der Waals surface area contributed by atoms with Crippen molar-refractivity contribution in [1.82, 2.24) is 5.32 Å². The van der Waals surface area contributed by atoms with Crippen molar-refractivity contribution in [2.24, 2.45) is 11.8 Å². The first-order valence-electron chi connectivity index (χ1n) is 9.18. The molecule has 1 heterocycles. The minimum absolute atomic E-state index is 0.553. The van der Waals surface area contributed by atoms with Crippen LogP contribution in [0.1, 0.15) is 78.1 Å². The fraction of sp³-hybridized carbons (Fsp3) is 1.00. The number of rotatable bonds is 7. The van der Waals surface area contributed by atoms with Crippen LogP contribution in [-0.4, -0.2) is 25.3 Å². The topological polar surface area (TPSA) is 21.3 Å². The highest BCUT2D eigenvalue weighted by molar-refractivity contribution is 4.82. The highest BCUT2D eigenvalue weighted by Gasteiger charge is 2.27. The van der Waals surface area contributed by atoms with Crippen molar-refractivity contribution in [3.63, 3.8) is 0 Å². The van der Waals surface area contributed by atoms with E-state index < -0.39 is 0 Å². The molecule has 0 aromatic rings. The molecular weight excluding hydrogens is 246 g/mol. The average molecular weight is 281 g/mol. The Morgan fingerprint density at radius 2 is 1.85 bits per heavy atom. The van der Waals surface area contributed by atoms with E-state index in [0.29, 0.717) is 6.10 Å². The van der Waals surface area contributed by atoms with E-state index in [1.54, 1.807) is 0 Å². The van der Waals surface area contributed by atoms with Gasteiger partial charge in [-0.05, 0) is 63.3 Å². The summed E-state index contributed by atoms with van der Waals surface area (Å²) in [4.78, 5) is 0. The normalized spacial score (nSPS) is 33.0. The molecule has 2 rings (SSSR count). The van der Waals surface area contributed by atoms with E-state index in [-0.39, 0.29) is 0 Å². The molecule has 0 aromatic heterocycles. The molecule has 1 N–H and O–H groups in total. The van der Waals surface area contributed by atoms with Gasteiger partial charge in [0.15, 0.2) is 0 Å². The zero-order valence-corrected chi connectivity index (χ0v) is 13.7. The third kappa shape index (κ3) is 5.04. The standard InChI is InChI=1S/C18H35NO/c1-3-15-8-10-16(11-9-15)18(19-4-2)13-12-17-7-5-6-14-20-17/h15-19H,3-14H2,1-2H3. The second-order valence-corrected chi connectivity index (χ2v) is 6.92. The van der Waals surface area contributed by atoms with Gasteiger partial charge in [-0.15, -0.1) is 0 Å². The van der Waals surface area contributed by atoms with E-state index in [1.165, 1.54) is 64.2 Å². The number of hydrogen-bond acceptors (Lipinski definition) is 2. The first-order valence-corrected chi connectivity index (χ1v) is 9.18. The van der Waals surface area contributed by atoms with Crippen molar-refractivity contribution in [2.75, 3.05) is 13.2 Å². The van der Waals surface area contributed by atoms with Crippen LogP contribution in [0.4, 0.5) is 0 Å². The SMILES string of the molecule is CCNC(CCC1CCCCO1)C1CCC(CC)CC1. The summed E-state index contributed by atoms with van der Waals surface area (Å²) < 4.78 is 5.90. The Labute approximate surface area is 126 Å². The monoisotopic (exact) mass is 281 g/mol. The Hall–Kier alpha value is -0.0800. The van der Waals surface area contributed by atoms with Crippen LogP contribution in [0.25, 0.3) is 0 Å². The van der Waals surface area contributed by atoms with Gasteiger partial charge in [-0.2, -0.15) is 0 Å². The molecule has 20 heavy (non-hydrogen) atoms. The van der Waals surface area contributed by atoms with E-state index in [9.17, 15) is 0 Å². The summed E-state index contributed by atoms with van der Waals surface area (Å²) in [6, 6.07) is 0.739. The highest BCUT2D eigenvalue weighted by Crippen LogP contribution is 2.34. The molecule has 2 nitrogen and oxygen atoms in total. The quantitative estimate of drug-likeness (QED) is 0.740. The molecule has 1 saturated heterocycles. The summed E-state index contributed by atoms with van der Waals surface area (Å²) in [5.41, 5.74) is 0. The van der Waals surface area contributed by atoms with E-state index in [4.69, 9.17) is 4.74 Å². The van der Waals surface area contributed by atoms with E-state index in [2.05, 4.69) is 19.2 Å². The second-order valence-electron chi connectivity index (χ2n) is 6.92. The van der Waals surface area contributed by atoms with Crippen molar-refractivity contribution in [3.8, 4) is 0 Å². The largest absolute Gasteiger partial charge is 0.378 e. The molecule has 0 aromatic carbocycles. The van der Waals surface area contributed by atoms with E-state index in [1.807, 2.05) is 0 Å². The molecule has 1 aliphatic carbocycles. The molecule has 0 bridgehead atoms. The molecule has 0 spiro atoms. The summed E-state index contributed by atoms with van der Waals surface area (Å²) in [6.07, 6.45) is 14.3. The van der Waals surface area contributed by atoms with Gasteiger partial charge in [-0.1, -0.05) is 33.1 Å². The maximum atomic E-state index is 5.90. The number of nitrogens with one attached hydrogen (secondary N) is 1. The summed E-state index contributed by atoms with van der Waals surface area (Å²) in [6.45, 7) is 6.72. The second kappa shape index (κ2) is 9.04. The van der Waals surface area contributed by atoms with Gasteiger partial charge in [0, 0.05) is 12.6 Å².